The molecule has 206 valence electrons. The van der Waals surface area contributed by atoms with E-state index < -0.39 is 11.2 Å². The number of carbonyl (C=O) groups excluding carboxylic acids is 1. The lowest BCUT2D eigenvalue weighted by Crippen LogP contribution is -2.60. The smallest absolute Gasteiger partial charge is 0.246 e. The fraction of sp³-hybridized carbons (Fsp3) is 0.333. The van der Waals surface area contributed by atoms with Crippen molar-refractivity contribution in [1.29, 1.82) is 5.26 Å². The molecule has 2 fully saturated rings. The average molecular weight is 583 g/mol. The van der Waals surface area contributed by atoms with Crippen LogP contribution >= 0.6 is 23.2 Å². The highest BCUT2D eigenvalue weighted by atomic mass is 35.5. The van der Waals surface area contributed by atoms with Crippen molar-refractivity contribution in [3.63, 3.8) is 0 Å². The predicted molar refractivity (Wildman–Crippen MR) is 148 cm³/mol. The molecular formula is C27H25Cl2FN8O2. The molecule has 3 aromatic rings. The molecule has 5 heterocycles. The van der Waals surface area contributed by atoms with Crippen LogP contribution in [0.3, 0.4) is 0 Å². The van der Waals surface area contributed by atoms with Gasteiger partial charge in [-0.25, -0.2) is 14.4 Å². The van der Waals surface area contributed by atoms with Gasteiger partial charge in [-0.15, -0.1) is 0 Å². The zero-order valence-electron chi connectivity index (χ0n) is 21.6. The molecular weight excluding hydrogens is 558 g/mol. The van der Waals surface area contributed by atoms with Crippen LogP contribution in [0.5, 0.6) is 11.6 Å². The lowest BCUT2D eigenvalue weighted by atomic mass is 9.85. The molecule has 40 heavy (non-hydrogen) atoms. The topological polar surface area (TPSA) is 105 Å². The second-order valence-electron chi connectivity index (χ2n) is 10.3. The van der Waals surface area contributed by atoms with Crippen molar-refractivity contribution in [2.45, 2.75) is 13.5 Å². The Hall–Kier alpha value is -3.85. The maximum absolute atomic E-state index is 14.7. The van der Waals surface area contributed by atoms with E-state index in [0.717, 1.165) is 16.8 Å². The van der Waals surface area contributed by atoms with Gasteiger partial charge in [-0.05, 0) is 19.1 Å². The Bertz CT molecular complexity index is 1600. The van der Waals surface area contributed by atoms with E-state index in [0.29, 0.717) is 56.7 Å². The third kappa shape index (κ3) is 4.52. The van der Waals surface area contributed by atoms with Crippen LogP contribution in [0.15, 0.2) is 37.2 Å². The molecule has 2 aromatic heterocycles. The Morgan fingerprint density at radius 2 is 2.02 bits per heavy atom. The largest absolute Gasteiger partial charge is 0.436 e. The number of nitriles is 1. The standard InChI is InChI=1S/C27H25Cl2FN8O2/c1-3-23(39)36-6-4-35(5-7-36)21-12-37(38-14-27(2,13-31)15-38)11-18-16(21)8-22(28)33-26(18)40-25-17-10-32-34-20(17)9-19(30)24(25)29/h3,8-10,12H,1,4-7,11,14-15H2,2H3,(H,32,34). The molecule has 1 aromatic carbocycles. The number of piperazine rings is 1. The minimum absolute atomic E-state index is 0.0857. The van der Waals surface area contributed by atoms with Gasteiger partial charge in [-0.1, -0.05) is 29.8 Å². The van der Waals surface area contributed by atoms with E-state index in [9.17, 15) is 14.4 Å². The Balaban J connectivity index is 1.40. The van der Waals surface area contributed by atoms with Crippen molar-refractivity contribution in [3.8, 4) is 17.7 Å². The second-order valence-corrected chi connectivity index (χ2v) is 11.1. The van der Waals surface area contributed by atoms with Gasteiger partial charge in [0.1, 0.15) is 16.0 Å². The van der Waals surface area contributed by atoms with Crippen molar-refractivity contribution in [1.82, 2.24) is 35.0 Å². The fourth-order valence-electron chi connectivity index (χ4n) is 5.34. The number of carbonyl (C=O) groups is 1. The lowest BCUT2D eigenvalue weighted by molar-refractivity contribution is -0.127. The Morgan fingerprint density at radius 3 is 2.73 bits per heavy atom. The first kappa shape index (κ1) is 26.4. The summed E-state index contributed by atoms with van der Waals surface area (Å²) in [6.45, 7) is 9.29. The second kappa shape index (κ2) is 9.96. The molecule has 1 amide bonds. The number of aromatic nitrogens is 3. The van der Waals surface area contributed by atoms with Crippen LogP contribution in [-0.2, 0) is 11.3 Å². The van der Waals surface area contributed by atoms with E-state index in [1.807, 2.05) is 18.1 Å². The number of rotatable bonds is 5. The molecule has 0 spiro atoms. The number of nitrogens with zero attached hydrogens (tertiary/aromatic N) is 7. The first-order chi connectivity index (χ1) is 19.2. The van der Waals surface area contributed by atoms with Crippen LogP contribution in [-0.4, -0.2) is 80.2 Å². The first-order valence-corrected chi connectivity index (χ1v) is 13.4. The minimum atomic E-state index is -0.658. The molecule has 0 aliphatic carbocycles. The monoisotopic (exact) mass is 582 g/mol. The number of aromatic amines is 1. The predicted octanol–water partition coefficient (Wildman–Crippen LogP) is 4.40. The number of fused-ring (bicyclic) bond motifs is 2. The molecule has 0 atom stereocenters. The van der Waals surface area contributed by atoms with Gasteiger partial charge in [0.15, 0.2) is 5.75 Å². The number of benzene rings is 1. The van der Waals surface area contributed by atoms with E-state index in [1.54, 1.807) is 11.0 Å². The highest BCUT2D eigenvalue weighted by Gasteiger charge is 2.43. The third-order valence-electron chi connectivity index (χ3n) is 7.52. The van der Waals surface area contributed by atoms with Crippen LogP contribution in [0, 0.1) is 22.6 Å². The molecule has 13 heteroatoms. The van der Waals surface area contributed by atoms with Gasteiger partial charge in [-0.3, -0.25) is 9.89 Å². The number of hydrogen-bond acceptors (Lipinski definition) is 8. The number of ether oxygens (including phenoxy) is 1. The molecule has 1 N–H and O–H groups in total. The maximum atomic E-state index is 14.7. The maximum Gasteiger partial charge on any atom is 0.246 e. The summed E-state index contributed by atoms with van der Waals surface area (Å²) in [4.78, 5) is 20.6. The highest BCUT2D eigenvalue weighted by Crippen LogP contribution is 2.43. The number of H-pyrrole nitrogens is 1. The van der Waals surface area contributed by atoms with E-state index in [-0.39, 0.29) is 27.7 Å². The summed E-state index contributed by atoms with van der Waals surface area (Å²) < 4.78 is 20.9. The van der Waals surface area contributed by atoms with Crippen LogP contribution in [0.25, 0.3) is 16.6 Å². The lowest BCUT2D eigenvalue weighted by Gasteiger charge is -2.50. The van der Waals surface area contributed by atoms with Crippen LogP contribution in [0.1, 0.15) is 18.1 Å². The van der Waals surface area contributed by atoms with E-state index >= 15 is 0 Å². The molecule has 0 unspecified atom stereocenters. The summed E-state index contributed by atoms with van der Waals surface area (Å²) in [6.07, 6.45) is 4.87. The summed E-state index contributed by atoms with van der Waals surface area (Å²) in [7, 11) is 0. The summed E-state index contributed by atoms with van der Waals surface area (Å²) in [6, 6.07) is 5.42. The van der Waals surface area contributed by atoms with Crippen molar-refractivity contribution >= 4 is 45.7 Å². The Morgan fingerprint density at radius 1 is 1.27 bits per heavy atom. The Kier molecular flexibility index (Phi) is 6.57. The molecule has 3 aliphatic rings. The van der Waals surface area contributed by atoms with E-state index in [2.05, 4.69) is 37.7 Å². The number of pyridine rings is 1. The van der Waals surface area contributed by atoms with Gasteiger partial charge < -0.3 is 19.5 Å². The molecule has 0 bridgehead atoms. The number of nitrogens with one attached hydrogen (secondary N) is 1. The van der Waals surface area contributed by atoms with E-state index in [4.69, 9.17) is 27.9 Å². The van der Waals surface area contributed by atoms with Crippen molar-refractivity contribution in [3.05, 3.63) is 64.3 Å². The van der Waals surface area contributed by atoms with Crippen LogP contribution < -0.4 is 4.74 Å². The highest BCUT2D eigenvalue weighted by molar-refractivity contribution is 6.33. The first-order valence-electron chi connectivity index (χ1n) is 12.7. The van der Waals surface area contributed by atoms with Gasteiger partial charge in [0.25, 0.3) is 0 Å². The summed E-state index contributed by atoms with van der Waals surface area (Å²) in [5.41, 5.74) is 2.41. The normalized spacial score (nSPS) is 18.6. The van der Waals surface area contributed by atoms with Crippen molar-refractivity contribution in [2.24, 2.45) is 5.41 Å². The molecule has 6 rings (SSSR count). The average Bonchev–Trinajstić information content (AvgIpc) is 3.41. The zero-order chi connectivity index (χ0) is 28.2. The molecule has 2 saturated heterocycles. The molecule has 10 nitrogen and oxygen atoms in total. The summed E-state index contributed by atoms with van der Waals surface area (Å²) in [5, 5.41) is 20.9. The van der Waals surface area contributed by atoms with Crippen LogP contribution in [0.2, 0.25) is 10.2 Å². The SMILES string of the molecule is C=CC(=O)N1CCN(C2=CN(N3CC(C)(C#N)C3)Cc3c2cc(Cl)nc3Oc2c(Cl)c(F)cc3[nH]ncc23)CC1. The zero-order valence-corrected chi connectivity index (χ0v) is 23.1. The number of halogens is 3. The molecule has 0 radical (unpaired) electrons. The number of hydrogen-bond donors (Lipinski definition) is 1. The number of amides is 1. The third-order valence-corrected chi connectivity index (χ3v) is 8.06. The fourth-order valence-corrected chi connectivity index (χ4v) is 5.73. The quantitative estimate of drug-likeness (QED) is 0.348. The molecule has 0 saturated carbocycles. The van der Waals surface area contributed by atoms with Gasteiger partial charge in [0.05, 0.1) is 40.8 Å². The van der Waals surface area contributed by atoms with E-state index in [1.165, 1.54) is 18.3 Å². The Labute approximate surface area is 239 Å². The minimum Gasteiger partial charge on any atom is -0.436 e. The van der Waals surface area contributed by atoms with Crippen molar-refractivity contribution < 1.29 is 13.9 Å². The van der Waals surface area contributed by atoms with Crippen molar-refractivity contribution in [2.75, 3.05) is 39.3 Å². The van der Waals surface area contributed by atoms with Gasteiger partial charge in [-0.2, -0.15) is 10.4 Å². The summed E-state index contributed by atoms with van der Waals surface area (Å²) in [5.74, 6) is -0.481. The summed E-state index contributed by atoms with van der Waals surface area (Å²) >= 11 is 12.9. The van der Waals surface area contributed by atoms with Crippen LogP contribution in [0.4, 0.5) is 4.39 Å². The number of hydrazine groups is 1. The van der Waals surface area contributed by atoms with Gasteiger partial charge in [0, 0.05) is 62.7 Å². The van der Waals surface area contributed by atoms with Gasteiger partial charge in [0.2, 0.25) is 11.8 Å². The van der Waals surface area contributed by atoms with Gasteiger partial charge >= 0.3 is 0 Å². The molecule has 3 aliphatic heterocycles.